The topological polar surface area (TPSA) is 65.3 Å². The van der Waals surface area contributed by atoms with Crippen LogP contribution in [0.2, 0.25) is 0 Å². The standard InChI is InChI=1S/C28H29N3O4/c1-33-22-11-4-8-19(16-22)26-24-13-6-14-25(35-3)31(24)27(29-26)21-10-7-15-30(18-21)28(32)20-9-5-12-23(17-20)34-2/h4-6,8-9,11-14,16-17,21H,7,10,15,18H2,1-3H3. The van der Waals surface area contributed by atoms with Crippen molar-refractivity contribution >= 4 is 11.4 Å². The summed E-state index contributed by atoms with van der Waals surface area (Å²) in [4.78, 5) is 20.4. The zero-order valence-corrected chi connectivity index (χ0v) is 20.2. The van der Waals surface area contributed by atoms with E-state index in [1.165, 1.54) is 0 Å². The number of nitrogens with zero attached hydrogens (tertiary/aromatic N) is 3. The van der Waals surface area contributed by atoms with E-state index >= 15 is 0 Å². The summed E-state index contributed by atoms with van der Waals surface area (Å²) in [5.41, 5.74) is 3.44. The number of benzene rings is 2. The molecule has 7 heteroatoms. The largest absolute Gasteiger partial charge is 0.497 e. The van der Waals surface area contributed by atoms with E-state index in [-0.39, 0.29) is 11.8 Å². The van der Waals surface area contributed by atoms with Gasteiger partial charge in [0.2, 0.25) is 0 Å². The third-order valence-electron chi connectivity index (χ3n) is 6.60. The normalized spacial score (nSPS) is 15.7. The molecule has 4 aromatic rings. The maximum absolute atomic E-state index is 13.3. The van der Waals surface area contributed by atoms with Gasteiger partial charge in [-0.3, -0.25) is 9.20 Å². The minimum atomic E-state index is 0.00875. The molecule has 7 nitrogen and oxygen atoms in total. The van der Waals surface area contributed by atoms with E-state index in [1.54, 1.807) is 27.4 Å². The predicted molar refractivity (Wildman–Crippen MR) is 135 cm³/mol. The quantitative estimate of drug-likeness (QED) is 0.394. The van der Waals surface area contributed by atoms with Gasteiger partial charge >= 0.3 is 0 Å². The second kappa shape index (κ2) is 9.70. The van der Waals surface area contributed by atoms with Crippen molar-refractivity contribution in [1.29, 1.82) is 0 Å². The Morgan fingerprint density at radius 1 is 0.914 bits per heavy atom. The molecule has 180 valence electrons. The summed E-state index contributed by atoms with van der Waals surface area (Å²) in [7, 11) is 4.94. The van der Waals surface area contributed by atoms with Crippen LogP contribution in [0.15, 0.2) is 66.7 Å². The molecule has 2 aromatic carbocycles. The monoisotopic (exact) mass is 471 g/mol. The van der Waals surface area contributed by atoms with Crippen molar-refractivity contribution in [3.8, 4) is 28.6 Å². The van der Waals surface area contributed by atoms with Crippen LogP contribution in [0.1, 0.15) is 34.9 Å². The third kappa shape index (κ3) is 4.30. The van der Waals surface area contributed by atoms with Gasteiger partial charge in [-0.05, 0) is 55.3 Å². The van der Waals surface area contributed by atoms with E-state index in [2.05, 4.69) is 10.5 Å². The molecule has 0 radical (unpaired) electrons. The molecule has 0 bridgehead atoms. The minimum absolute atomic E-state index is 0.00875. The zero-order valence-electron chi connectivity index (χ0n) is 20.2. The number of aromatic nitrogens is 2. The van der Waals surface area contributed by atoms with Gasteiger partial charge in [0.05, 0.1) is 32.5 Å². The van der Waals surface area contributed by atoms with Crippen LogP contribution in [0, 0.1) is 0 Å². The number of rotatable bonds is 6. The summed E-state index contributed by atoms with van der Waals surface area (Å²) in [6, 6.07) is 21.2. The molecule has 2 aromatic heterocycles. The second-order valence-corrected chi connectivity index (χ2v) is 8.66. The lowest BCUT2D eigenvalue weighted by molar-refractivity contribution is 0.0704. The second-order valence-electron chi connectivity index (χ2n) is 8.66. The van der Waals surface area contributed by atoms with E-state index < -0.39 is 0 Å². The Morgan fingerprint density at radius 2 is 1.66 bits per heavy atom. The Morgan fingerprint density at radius 3 is 2.43 bits per heavy atom. The first kappa shape index (κ1) is 22.8. The van der Waals surface area contributed by atoms with Crippen LogP contribution < -0.4 is 14.2 Å². The Hall–Kier alpha value is -4.00. The van der Waals surface area contributed by atoms with E-state index in [9.17, 15) is 4.79 Å². The number of imidazole rings is 1. The fourth-order valence-electron chi connectivity index (χ4n) is 4.86. The number of methoxy groups -OCH3 is 3. The summed E-state index contributed by atoms with van der Waals surface area (Å²) < 4.78 is 18.6. The Bertz CT molecular complexity index is 1360. The molecule has 1 atom stereocenters. The number of piperidine rings is 1. The molecule has 1 aliphatic heterocycles. The van der Waals surface area contributed by atoms with E-state index in [1.807, 2.05) is 59.5 Å². The van der Waals surface area contributed by atoms with Crippen molar-refractivity contribution in [3.63, 3.8) is 0 Å². The number of amides is 1. The number of fused-ring (bicyclic) bond motifs is 1. The van der Waals surface area contributed by atoms with Gasteiger partial charge in [-0.1, -0.05) is 24.3 Å². The molecule has 0 aliphatic carbocycles. The highest BCUT2D eigenvalue weighted by Crippen LogP contribution is 2.36. The van der Waals surface area contributed by atoms with Gasteiger partial charge in [-0.2, -0.15) is 0 Å². The maximum atomic E-state index is 13.3. The van der Waals surface area contributed by atoms with E-state index in [0.29, 0.717) is 17.9 Å². The van der Waals surface area contributed by atoms with Crippen LogP contribution in [0.5, 0.6) is 17.4 Å². The summed E-state index contributed by atoms with van der Waals surface area (Å²) >= 11 is 0. The first-order chi connectivity index (χ1) is 17.1. The van der Waals surface area contributed by atoms with Gasteiger partial charge in [0, 0.05) is 30.1 Å². The van der Waals surface area contributed by atoms with Gasteiger partial charge in [0.1, 0.15) is 17.3 Å². The first-order valence-electron chi connectivity index (χ1n) is 11.8. The van der Waals surface area contributed by atoms with Gasteiger partial charge in [-0.15, -0.1) is 0 Å². The molecule has 5 rings (SSSR count). The highest BCUT2D eigenvalue weighted by atomic mass is 16.5. The molecule has 3 heterocycles. The molecule has 35 heavy (non-hydrogen) atoms. The molecule has 1 amide bonds. The SMILES string of the molecule is COc1cccc(C(=O)N2CCCC(c3nc(-c4cccc(OC)c4)c4cccc(OC)n34)C2)c1. The average Bonchev–Trinajstić information content (AvgIpc) is 3.33. The average molecular weight is 472 g/mol. The van der Waals surface area contributed by atoms with Gasteiger partial charge in [0.25, 0.3) is 5.91 Å². The van der Waals surface area contributed by atoms with Crippen molar-refractivity contribution in [2.24, 2.45) is 0 Å². The summed E-state index contributed by atoms with van der Waals surface area (Å²) in [6.07, 6.45) is 1.84. The van der Waals surface area contributed by atoms with Gasteiger partial charge < -0.3 is 19.1 Å². The smallest absolute Gasteiger partial charge is 0.254 e. The van der Waals surface area contributed by atoms with Crippen molar-refractivity contribution < 1.29 is 19.0 Å². The van der Waals surface area contributed by atoms with Crippen molar-refractivity contribution in [2.75, 3.05) is 34.4 Å². The van der Waals surface area contributed by atoms with Crippen molar-refractivity contribution in [1.82, 2.24) is 14.3 Å². The van der Waals surface area contributed by atoms with Crippen LogP contribution in [0.3, 0.4) is 0 Å². The molecule has 1 unspecified atom stereocenters. The number of hydrogen-bond acceptors (Lipinski definition) is 5. The Kier molecular flexibility index (Phi) is 6.31. The molecule has 0 N–H and O–H groups in total. The number of likely N-dealkylation sites (tertiary alicyclic amines) is 1. The molecular weight excluding hydrogens is 442 g/mol. The molecular formula is C28H29N3O4. The fraction of sp³-hybridized carbons (Fsp3) is 0.286. The number of ether oxygens (including phenoxy) is 3. The van der Waals surface area contributed by atoms with Crippen LogP contribution in [0.4, 0.5) is 0 Å². The Balaban J connectivity index is 1.54. The number of carbonyl (C=O) groups is 1. The minimum Gasteiger partial charge on any atom is -0.497 e. The lowest BCUT2D eigenvalue weighted by Gasteiger charge is -2.32. The van der Waals surface area contributed by atoms with Gasteiger partial charge in [-0.25, -0.2) is 4.98 Å². The van der Waals surface area contributed by atoms with Crippen LogP contribution in [-0.4, -0.2) is 54.6 Å². The van der Waals surface area contributed by atoms with Crippen molar-refractivity contribution in [2.45, 2.75) is 18.8 Å². The van der Waals surface area contributed by atoms with Crippen LogP contribution in [0.25, 0.3) is 16.8 Å². The molecule has 1 aliphatic rings. The molecule has 1 fully saturated rings. The molecule has 1 saturated heterocycles. The summed E-state index contributed by atoms with van der Waals surface area (Å²) in [5, 5.41) is 0. The number of pyridine rings is 1. The highest BCUT2D eigenvalue weighted by Gasteiger charge is 2.30. The number of carbonyl (C=O) groups excluding carboxylic acids is 1. The lowest BCUT2D eigenvalue weighted by atomic mass is 9.96. The van der Waals surface area contributed by atoms with Crippen molar-refractivity contribution in [3.05, 3.63) is 78.1 Å². The first-order valence-corrected chi connectivity index (χ1v) is 11.8. The lowest BCUT2D eigenvalue weighted by Crippen LogP contribution is -2.39. The summed E-state index contributed by atoms with van der Waals surface area (Å²) in [5.74, 6) is 3.15. The van der Waals surface area contributed by atoms with Gasteiger partial charge in [0.15, 0.2) is 5.88 Å². The number of hydrogen-bond donors (Lipinski definition) is 0. The Labute approximate surface area is 204 Å². The molecule has 0 spiro atoms. The van der Waals surface area contributed by atoms with E-state index in [4.69, 9.17) is 19.2 Å². The molecule has 0 saturated carbocycles. The van der Waals surface area contributed by atoms with E-state index in [0.717, 1.165) is 53.6 Å². The van der Waals surface area contributed by atoms with Crippen LogP contribution in [-0.2, 0) is 0 Å². The van der Waals surface area contributed by atoms with Crippen LogP contribution >= 0.6 is 0 Å². The highest BCUT2D eigenvalue weighted by molar-refractivity contribution is 5.94. The fourth-order valence-corrected chi connectivity index (χ4v) is 4.86. The maximum Gasteiger partial charge on any atom is 0.254 e. The summed E-state index contributed by atoms with van der Waals surface area (Å²) in [6.45, 7) is 1.31. The zero-order chi connectivity index (χ0) is 24.4. The predicted octanol–water partition coefficient (Wildman–Crippen LogP) is 5.05. The third-order valence-corrected chi connectivity index (χ3v) is 6.60.